The summed E-state index contributed by atoms with van der Waals surface area (Å²) in [7, 11) is -0.783. The molecule has 4 nitrogen and oxygen atoms in total. The van der Waals surface area contributed by atoms with Gasteiger partial charge in [-0.15, -0.1) is 0 Å². The van der Waals surface area contributed by atoms with Crippen LogP contribution < -0.4 is 0 Å². The first-order valence-corrected chi connectivity index (χ1v) is 8.78. The minimum atomic E-state index is -0.783. The van der Waals surface area contributed by atoms with Gasteiger partial charge in [0.1, 0.15) is 5.82 Å². The van der Waals surface area contributed by atoms with Crippen molar-refractivity contribution in [3.8, 4) is 0 Å². The smallest absolute Gasteiger partial charge is 0.254 e. The molecule has 1 fully saturated rings. The number of carbonyl (C=O) groups excluding carboxylic acids is 1. The first kappa shape index (κ1) is 16.1. The van der Waals surface area contributed by atoms with E-state index in [0.717, 1.165) is 19.6 Å². The van der Waals surface area contributed by atoms with Crippen LogP contribution in [-0.2, 0) is 10.8 Å². The second-order valence-corrected chi connectivity index (χ2v) is 6.93. The molecule has 1 aliphatic heterocycles. The summed E-state index contributed by atoms with van der Waals surface area (Å²) in [6.07, 6.45) is 1.70. The van der Waals surface area contributed by atoms with Gasteiger partial charge in [0.05, 0.1) is 0 Å². The molecule has 0 radical (unpaired) electrons. The quantitative estimate of drug-likeness (QED) is 0.841. The zero-order valence-corrected chi connectivity index (χ0v) is 13.3. The highest BCUT2D eigenvalue weighted by Gasteiger charge is 2.22. The summed E-state index contributed by atoms with van der Waals surface area (Å²) < 4.78 is 24.6. The number of amides is 1. The number of carbonyl (C=O) groups is 1. The zero-order chi connectivity index (χ0) is 15.4. The molecule has 1 aromatic carbocycles. The Morgan fingerprint density at radius 1 is 1.29 bits per heavy atom. The van der Waals surface area contributed by atoms with E-state index in [2.05, 4.69) is 4.90 Å². The molecule has 1 aromatic rings. The summed E-state index contributed by atoms with van der Waals surface area (Å²) >= 11 is 0. The molecular formula is C15H21FN2O2S. The second-order valence-electron chi connectivity index (χ2n) is 5.38. The molecule has 1 heterocycles. The minimum Gasteiger partial charge on any atom is -0.336 e. The molecule has 0 bridgehead atoms. The summed E-state index contributed by atoms with van der Waals surface area (Å²) in [6.45, 7) is 5.29. The maximum Gasteiger partial charge on any atom is 0.254 e. The molecule has 0 N–H and O–H groups in total. The molecule has 21 heavy (non-hydrogen) atoms. The summed E-state index contributed by atoms with van der Waals surface area (Å²) in [5.74, 6) is 0.203. The van der Waals surface area contributed by atoms with Crippen molar-refractivity contribution in [3.05, 3.63) is 35.1 Å². The van der Waals surface area contributed by atoms with E-state index in [1.165, 1.54) is 6.07 Å². The van der Waals surface area contributed by atoms with Gasteiger partial charge in [0, 0.05) is 61.1 Å². The molecular weight excluding hydrogens is 291 g/mol. The van der Waals surface area contributed by atoms with Crippen LogP contribution in [0.4, 0.5) is 4.39 Å². The van der Waals surface area contributed by atoms with Crippen molar-refractivity contribution in [1.82, 2.24) is 9.80 Å². The van der Waals surface area contributed by atoms with Crippen molar-refractivity contribution >= 4 is 16.7 Å². The van der Waals surface area contributed by atoms with Crippen LogP contribution in [0.2, 0.25) is 0 Å². The number of hydrogen-bond donors (Lipinski definition) is 0. The van der Waals surface area contributed by atoms with Crippen molar-refractivity contribution in [2.45, 2.75) is 6.92 Å². The van der Waals surface area contributed by atoms with E-state index in [-0.39, 0.29) is 11.7 Å². The monoisotopic (exact) mass is 312 g/mol. The van der Waals surface area contributed by atoms with Crippen LogP contribution in [0.5, 0.6) is 0 Å². The lowest BCUT2D eigenvalue weighted by Gasteiger charge is -2.34. The number of piperazine rings is 1. The highest BCUT2D eigenvalue weighted by molar-refractivity contribution is 7.84. The second kappa shape index (κ2) is 7.13. The Balaban J connectivity index is 1.90. The fourth-order valence-electron chi connectivity index (χ4n) is 2.34. The van der Waals surface area contributed by atoms with E-state index in [1.807, 2.05) is 0 Å². The predicted octanol–water partition coefficient (Wildman–Crippen LogP) is 1.27. The van der Waals surface area contributed by atoms with Gasteiger partial charge in [0.25, 0.3) is 5.91 Å². The topological polar surface area (TPSA) is 40.6 Å². The van der Waals surface area contributed by atoms with Crippen LogP contribution >= 0.6 is 0 Å². The number of halogens is 1. The lowest BCUT2D eigenvalue weighted by Crippen LogP contribution is -2.49. The molecule has 116 valence electrons. The van der Waals surface area contributed by atoms with E-state index in [0.29, 0.717) is 30.0 Å². The molecule has 1 unspecified atom stereocenters. The maximum absolute atomic E-state index is 13.5. The number of rotatable bonds is 4. The third-order valence-corrected chi connectivity index (χ3v) is 4.53. The van der Waals surface area contributed by atoms with Gasteiger partial charge in [-0.2, -0.15) is 0 Å². The third-order valence-electron chi connectivity index (χ3n) is 3.77. The zero-order valence-electron chi connectivity index (χ0n) is 12.5. The SMILES string of the molecule is Cc1ccc(C(=O)N2CCN(CCS(C)=O)CC2)cc1F. The number of aryl methyl sites for hydroxylation is 1. The average molecular weight is 312 g/mol. The summed E-state index contributed by atoms with van der Waals surface area (Å²) in [4.78, 5) is 16.3. The van der Waals surface area contributed by atoms with Gasteiger partial charge in [0.2, 0.25) is 0 Å². The third kappa shape index (κ3) is 4.35. The van der Waals surface area contributed by atoms with Gasteiger partial charge in [-0.3, -0.25) is 13.9 Å². The fraction of sp³-hybridized carbons (Fsp3) is 0.533. The Kier molecular flexibility index (Phi) is 5.47. The molecule has 1 amide bonds. The highest BCUT2D eigenvalue weighted by Crippen LogP contribution is 2.13. The Hall–Kier alpha value is -1.27. The van der Waals surface area contributed by atoms with Gasteiger partial charge in [-0.05, 0) is 24.6 Å². The van der Waals surface area contributed by atoms with E-state index >= 15 is 0 Å². The summed E-state index contributed by atoms with van der Waals surface area (Å²) in [6, 6.07) is 4.62. The van der Waals surface area contributed by atoms with Crippen molar-refractivity contribution in [3.63, 3.8) is 0 Å². The molecule has 1 atom stereocenters. The van der Waals surface area contributed by atoms with Gasteiger partial charge >= 0.3 is 0 Å². The van der Waals surface area contributed by atoms with Gasteiger partial charge < -0.3 is 4.90 Å². The first-order valence-electron chi connectivity index (χ1n) is 7.05. The number of nitrogens with zero attached hydrogens (tertiary/aromatic N) is 2. The molecule has 6 heteroatoms. The molecule has 0 spiro atoms. The van der Waals surface area contributed by atoms with E-state index in [9.17, 15) is 13.4 Å². The Labute approximate surface area is 127 Å². The molecule has 0 aromatic heterocycles. The van der Waals surface area contributed by atoms with Crippen LogP contribution in [-0.4, -0.2) is 64.6 Å². The highest BCUT2D eigenvalue weighted by atomic mass is 32.2. The average Bonchev–Trinajstić information content (AvgIpc) is 2.48. The molecule has 1 saturated heterocycles. The minimum absolute atomic E-state index is 0.118. The fourth-order valence-corrected chi connectivity index (χ4v) is 2.86. The van der Waals surface area contributed by atoms with Crippen molar-refractivity contribution in [2.75, 3.05) is 44.7 Å². The predicted molar refractivity (Wildman–Crippen MR) is 82.4 cm³/mol. The Bertz CT molecular complexity index is 542. The van der Waals surface area contributed by atoms with Crippen LogP contribution in [0.1, 0.15) is 15.9 Å². The van der Waals surface area contributed by atoms with Crippen LogP contribution in [0, 0.1) is 12.7 Å². The standard InChI is InChI=1S/C15H21FN2O2S/c1-12-3-4-13(11-14(12)16)15(19)18-7-5-17(6-8-18)9-10-21(2)20/h3-4,11H,5-10H2,1-2H3. The van der Waals surface area contributed by atoms with E-state index < -0.39 is 10.8 Å². The number of hydrogen-bond acceptors (Lipinski definition) is 3. The lowest BCUT2D eigenvalue weighted by molar-refractivity contribution is 0.0644. The van der Waals surface area contributed by atoms with Gasteiger partial charge in [-0.25, -0.2) is 4.39 Å². The van der Waals surface area contributed by atoms with Crippen LogP contribution in [0.15, 0.2) is 18.2 Å². The largest absolute Gasteiger partial charge is 0.336 e. The van der Waals surface area contributed by atoms with Crippen molar-refractivity contribution < 1.29 is 13.4 Å². The molecule has 2 rings (SSSR count). The lowest BCUT2D eigenvalue weighted by atomic mass is 10.1. The molecule has 0 saturated carbocycles. The van der Waals surface area contributed by atoms with Crippen molar-refractivity contribution in [1.29, 1.82) is 0 Å². The Morgan fingerprint density at radius 2 is 1.95 bits per heavy atom. The Morgan fingerprint density at radius 3 is 2.52 bits per heavy atom. The van der Waals surface area contributed by atoms with E-state index in [4.69, 9.17) is 0 Å². The maximum atomic E-state index is 13.5. The van der Waals surface area contributed by atoms with Crippen LogP contribution in [0.25, 0.3) is 0 Å². The number of benzene rings is 1. The van der Waals surface area contributed by atoms with E-state index in [1.54, 1.807) is 30.2 Å². The molecule has 1 aliphatic rings. The molecule has 0 aliphatic carbocycles. The van der Waals surface area contributed by atoms with Crippen molar-refractivity contribution in [2.24, 2.45) is 0 Å². The van der Waals surface area contributed by atoms with Crippen LogP contribution in [0.3, 0.4) is 0 Å². The summed E-state index contributed by atoms with van der Waals surface area (Å²) in [5, 5.41) is 0. The van der Waals surface area contributed by atoms with Gasteiger partial charge in [0.15, 0.2) is 0 Å². The summed E-state index contributed by atoms with van der Waals surface area (Å²) in [5.41, 5.74) is 0.949. The first-order chi connectivity index (χ1) is 9.97. The van der Waals surface area contributed by atoms with Gasteiger partial charge in [-0.1, -0.05) is 6.07 Å². The normalized spacial score (nSPS) is 17.8.